The standard InChI is InChI=1S/C17H19NOS.C2H2O4/c1-18-12-6-11-16-13-7-2-3-8-14(13)19-15-9-4-5-10-17(15)20-16;3-1(4)2(5)6/h2-5,7-10,16,18H,6,11-12H2,1H3;(H,3,4)(H,5,6). The summed E-state index contributed by atoms with van der Waals surface area (Å²) in [6.07, 6.45) is 2.41. The number of carbonyl (C=O) groups excluding carboxylic acids is 1. The fourth-order valence-electron chi connectivity index (χ4n) is 2.53. The van der Waals surface area contributed by atoms with Gasteiger partial charge >= 0.3 is 5.97 Å². The van der Waals surface area contributed by atoms with E-state index in [1.54, 1.807) is 0 Å². The van der Waals surface area contributed by atoms with Crippen LogP contribution in [0.25, 0.3) is 0 Å². The number of carboxylic acid groups (broad SMARTS) is 2. The number of hydrogen-bond donors (Lipinski definition) is 2. The van der Waals surface area contributed by atoms with Gasteiger partial charge in [-0.1, -0.05) is 30.3 Å². The molecule has 0 bridgehead atoms. The number of rotatable bonds is 4. The molecule has 1 unspecified atom stereocenters. The topological polar surface area (TPSA) is 103 Å². The van der Waals surface area contributed by atoms with Crippen LogP contribution in [-0.4, -0.2) is 30.6 Å². The predicted molar refractivity (Wildman–Crippen MR) is 96.1 cm³/mol. The number of thioether (sulfide) groups is 1. The first-order valence-corrected chi connectivity index (χ1v) is 9.15. The van der Waals surface area contributed by atoms with E-state index < -0.39 is 11.9 Å². The molecule has 26 heavy (non-hydrogen) atoms. The highest BCUT2D eigenvalue weighted by molar-refractivity contribution is 7.99. The Bertz CT molecular complexity index is 753. The molecule has 1 heterocycles. The molecule has 3 N–H and O–H groups in total. The molecule has 0 radical (unpaired) electrons. The molecule has 3 rings (SSSR count). The van der Waals surface area contributed by atoms with Gasteiger partial charge in [-0.25, -0.2) is 4.79 Å². The lowest BCUT2D eigenvalue weighted by Gasteiger charge is -2.15. The van der Waals surface area contributed by atoms with Gasteiger partial charge in [-0.3, -0.25) is 0 Å². The lowest BCUT2D eigenvalue weighted by Crippen LogP contribution is -2.79. The number of aliphatic carboxylic acids is 2. The minimum atomic E-state index is -2.07. The molecule has 0 saturated carbocycles. The van der Waals surface area contributed by atoms with Crippen molar-refractivity contribution < 1.29 is 29.9 Å². The van der Waals surface area contributed by atoms with Crippen molar-refractivity contribution in [1.29, 1.82) is 0 Å². The van der Waals surface area contributed by atoms with Crippen molar-refractivity contribution >= 4 is 23.7 Å². The molecule has 6 nitrogen and oxygen atoms in total. The highest BCUT2D eigenvalue weighted by atomic mass is 32.2. The SMILES string of the molecule is C[NH2+]CCCC1Sc2ccccc2Oc2ccccc21.O=C([O-])C(=O)O. The van der Waals surface area contributed by atoms with Crippen LogP contribution in [0.1, 0.15) is 23.7 Å². The number of para-hydroxylation sites is 2. The Balaban J connectivity index is 0.000000352. The molecule has 0 amide bonds. The Morgan fingerprint density at radius 2 is 1.77 bits per heavy atom. The fraction of sp³-hybridized carbons (Fsp3) is 0.263. The average Bonchev–Trinajstić information content (AvgIpc) is 2.79. The number of quaternary nitrogens is 1. The maximum Gasteiger partial charge on any atom is 0.351 e. The third-order valence-electron chi connectivity index (χ3n) is 3.74. The van der Waals surface area contributed by atoms with Crippen molar-refractivity contribution in [3.63, 3.8) is 0 Å². The second kappa shape index (κ2) is 9.84. The lowest BCUT2D eigenvalue weighted by molar-refractivity contribution is -0.627. The third kappa shape index (κ3) is 5.50. The van der Waals surface area contributed by atoms with E-state index in [1.165, 1.54) is 29.8 Å². The Hall–Kier alpha value is -2.51. The third-order valence-corrected chi connectivity index (χ3v) is 5.10. The van der Waals surface area contributed by atoms with E-state index in [0.29, 0.717) is 5.25 Å². The van der Waals surface area contributed by atoms with Crippen molar-refractivity contribution in [2.45, 2.75) is 23.0 Å². The fourth-order valence-corrected chi connectivity index (χ4v) is 3.82. The van der Waals surface area contributed by atoms with Gasteiger partial charge in [0.1, 0.15) is 11.5 Å². The lowest BCUT2D eigenvalue weighted by atomic mass is 10.1. The highest BCUT2D eigenvalue weighted by Gasteiger charge is 2.23. The zero-order chi connectivity index (χ0) is 18.9. The molecule has 2 aromatic rings. The van der Waals surface area contributed by atoms with E-state index in [4.69, 9.17) is 24.5 Å². The summed E-state index contributed by atoms with van der Waals surface area (Å²) in [7, 11) is 2.13. The summed E-state index contributed by atoms with van der Waals surface area (Å²) in [4.78, 5) is 19.3. The number of nitrogens with two attached hydrogens (primary N) is 1. The van der Waals surface area contributed by atoms with Gasteiger partial charge in [0.2, 0.25) is 0 Å². The molecule has 0 fully saturated rings. The van der Waals surface area contributed by atoms with Crippen LogP contribution in [0.15, 0.2) is 53.4 Å². The smallest absolute Gasteiger partial charge is 0.351 e. The number of hydrogen-bond acceptors (Lipinski definition) is 5. The summed E-state index contributed by atoms with van der Waals surface area (Å²) >= 11 is 1.93. The van der Waals surface area contributed by atoms with Crippen LogP contribution in [0.3, 0.4) is 0 Å². The number of carboxylic acids is 2. The molecule has 1 aliphatic rings. The predicted octanol–water partition coefficient (Wildman–Crippen LogP) is 1.42. The van der Waals surface area contributed by atoms with Gasteiger partial charge in [-0.05, 0) is 31.0 Å². The molecule has 0 saturated heterocycles. The molecule has 1 atom stereocenters. The van der Waals surface area contributed by atoms with Crippen LogP contribution in [0, 0.1) is 0 Å². The first-order valence-electron chi connectivity index (χ1n) is 8.27. The van der Waals surface area contributed by atoms with Gasteiger partial charge in [0, 0.05) is 10.8 Å². The van der Waals surface area contributed by atoms with Crippen LogP contribution in [0.5, 0.6) is 11.5 Å². The van der Waals surface area contributed by atoms with E-state index in [1.807, 2.05) is 23.9 Å². The molecule has 138 valence electrons. The zero-order valence-electron chi connectivity index (χ0n) is 14.4. The molecule has 0 aromatic heterocycles. The van der Waals surface area contributed by atoms with Crippen LogP contribution >= 0.6 is 11.8 Å². The molecule has 7 heteroatoms. The van der Waals surface area contributed by atoms with Gasteiger partial charge in [-0.2, -0.15) is 0 Å². The Morgan fingerprint density at radius 1 is 1.15 bits per heavy atom. The van der Waals surface area contributed by atoms with E-state index in [2.05, 4.69) is 48.8 Å². The normalized spacial score (nSPS) is 14.6. The second-order valence-electron chi connectivity index (χ2n) is 5.62. The second-order valence-corrected chi connectivity index (χ2v) is 6.87. The summed E-state index contributed by atoms with van der Waals surface area (Å²) < 4.78 is 6.11. The number of benzene rings is 2. The van der Waals surface area contributed by atoms with Gasteiger partial charge in [0.15, 0.2) is 5.97 Å². The van der Waals surface area contributed by atoms with E-state index in [-0.39, 0.29) is 0 Å². The minimum absolute atomic E-state index is 0.481. The van der Waals surface area contributed by atoms with Gasteiger partial charge in [-0.15, -0.1) is 11.8 Å². The van der Waals surface area contributed by atoms with E-state index in [9.17, 15) is 0 Å². The van der Waals surface area contributed by atoms with Gasteiger partial charge in [0.25, 0.3) is 0 Å². The zero-order valence-corrected chi connectivity index (χ0v) is 15.2. The monoisotopic (exact) mass is 375 g/mol. The van der Waals surface area contributed by atoms with Gasteiger partial charge < -0.3 is 25.1 Å². The number of fused-ring (bicyclic) bond motifs is 2. The van der Waals surface area contributed by atoms with E-state index >= 15 is 0 Å². The van der Waals surface area contributed by atoms with Crippen molar-refractivity contribution in [2.75, 3.05) is 13.6 Å². The Labute approximate surface area is 156 Å². The molecule has 1 aliphatic heterocycles. The van der Waals surface area contributed by atoms with E-state index in [0.717, 1.165) is 11.5 Å². The maximum absolute atomic E-state index is 9.04. The molecule has 2 aromatic carbocycles. The molecular formula is C19H21NO5S. The summed E-state index contributed by atoms with van der Waals surface area (Å²) in [5, 5.41) is 19.0. The van der Waals surface area contributed by atoms with Crippen molar-refractivity contribution in [2.24, 2.45) is 0 Å². The van der Waals surface area contributed by atoms with Crippen LogP contribution in [-0.2, 0) is 9.59 Å². The summed E-state index contributed by atoms with van der Waals surface area (Å²) in [5.41, 5.74) is 1.32. The first kappa shape index (κ1) is 19.8. The number of carbonyl (C=O) groups is 2. The summed E-state index contributed by atoms with van der Waals surface area (Å²) in [6.45, 7) is 1.18. The summed E-state index contributed by atoms with van der Waals surface area (Å²) in [5.74, 6) is -2.02. The van der Waals surface area contributed by atoms with Crippen LogP contribution in [0.2, 0.25) is 0 Å². The van der Waals surface area contributed by atoms with Gasteiger partial charge in [0.05, 0.1) is 18.5 Å². The average molecular weight is 375 g/mol. The highest BCUT2D eigenvalue weighted by Crippen LogP contribution is 2.49. The van der Waals surface area contributed by atoms with Crippen LogP contribution < -0.4 is 15.2 Å². The van der Waals surface area contributed by atoms with Crippen molar-refractivity contribution in [3.8, 4) is 11.5 Å². The molecular weight excluding hydrogens is 354 g/mol. The largest absolute Gasteiger partial charge is 0.539 e. The Kier molecular flexibility index (Phi) is 7.50. The first-order chi connectivity index (χ1) is 12.5. The van der Waals surface area contributed by atoms with Crippen molar-refractivity contribution in [3.05, 3.63) is 54.1 Å². The molecule has 0 aliphatic carbocycles. The summed E-state index contributed by atoms with van der Waals surface area (Å²) in [6, 6.07) is 16.8. The van der Waals surface area contributed by atoms with Crippen LogP contribution in [0.4, 0.5) is 0 Å². The minimum Gasteiger partial charge on any atom is -0.539 e. The van der Waals surface area contributed by atoms with Crippen molar-refractivity contribution in [1.82, 2.24) is 0 Å². The maximum atomic E-state index is 9.04. The number of ether oxygens (including phenoxy) is 1. The molecule has 0 spiro atoms. The quantitative estimate of drug-likeness (QED) is 0.619. The Morgan fingerprint density at radius 3 is 2.42 bits per heavy atom.